The molecule has 1 aromatic rings. The van der Waals surface area contributed by atoms with E-state index in [0.29, 0.717) is 5.92 Å². The molecular weight excluding hydrogens is 146 g/mol. The summed E-state index contributed by atoms with van der Waals surface area (Å²) in [7, 11) is 0. The molecule has 0 saturated heterocycles. The lowest BCUT2D eigenvalue weighted by molar-refractivity contribution is 0.857. The van der Waals surface area contributed by atoms with E-state index in [1.54, 1.807) is 0 Å². The maximum atomic E-state index is 4.30. The van der Waals surface area contributed by atoms with E-state index in [1.165, 1.54) is 5.56 Å². The predicted octanol–water partition coefficient (Wildman–Crippen LogP) is 3.24. The summed E-state index contributed by atoms with van der Waals surface area (Å²) in [5, 5.41) is 0. The maximum absolute atomic E-state index is 4.30. The summed E-state index contributed by atoms with van der Waals surface area (Å²) in [5.41, 5.74) is 3.28. The Bertz CT molecular complexity index is 270. The molecule has 0 aromatic carbocycles. The van der Waals surface area contributed by atoms with Gasteiger partial charge in [-0.1, -0.05) is 26.5 Å². The summed E-state index contributed by atoms with van der Waals surface area (Å²) in [6.45, 7) is 10.1. The molecule has 0 saturated carbocycles. The summed E-state index contributed by atoms with van der Waals surface area (Å²) in [6.07, 6.45) is 1.93. The highest BCUT2D eigenvalue weighted by atomic mass is 14.7. The molecule has 0 aliphatic carbocycles. The number of aromatic nitrogens is 1. The zero-order valence-electron chi connectivity index (χ0n) is 7.96. The van der Waals surface area contributed by atoms with E-state index in [1.807, 2.05) is 19.2 Å². The fraction of sp³-hybridized carbons (Fsp3) is 0.364. The van der Waals surface area contributed by atoms with Gasteiger partial charge in [0.1, 0.15) is 0 Å². The summed E-state index contributed by atoms with van der Waals surface area (Å²) in [6, 6.07) is 4.14. The Hall–Kier alpha value is -1.11. The summed E-state index contributed by atoms with van der Waals surface area (Å²) < 4.78 is 0. The van der Waals surface area contributed by atoms with Crippen molar-refractivity contribution in [2.45, 2.75) is 26.7 Å². The molecular formula is C11H15N. The third-order valence-electron chi connectivity index (χ3n) is 1.89. The SMILES string of the molecule is C=C(C)c1ccc(C(C)C)cn1. The normalized spacial score (nSPS) is 10.3. The highest BCUT2D eigenvalue weighted by molar-refractivity contribution is 5.57. The Morgan fingerprint density at radius 3 is 2.42 bits per heavy atom. The first-order valence-corrected chi connectivity index (χ1v) is 4.23. The first kappa shape index (κ1) is 8.98. The molecule has 0 atom stereocenters. The molecule has 1 heterocycles. The number of allylic oxidation sites excluding steroid dienone is 1. The second-order valence-electron chi connectivity index (χ2n) is 3.41. The molecule has 1 nitrogen and oxygen atoms in total. The average Bonchev–Trinajstić information content (AvgIpc) is 2.04. The zero-order chi connectivity index (χ0) is 9.14. The van der Waals surface area contributed by atoms with Gasteiger partial charge in [0.05, 0.1) is 5.69 Å². The first-order valence-electron chi connectivity index (χ1n) is 4.23. The third kappa shape index (κ3) is 1.94. The van der Waals surface area contributed by atoms with E-state index in [2.05, 4.69) is 31.5 Å². The molecule has 0 aliphatic heterocycles. The molecule has 0 unspecified atom stereocenters. The lowest BCUT2D eigenvalue weighted by Gasteiger charge is -2.05. The van der Waals surface area contributed by atoms with Crippen LogP contribution in [0.25, 0.3) is 5.57 Å². The molecule has 1 heteroatoms. The van der Waals surface area contributed by atoms with Crippen LogP contribution in [0.3, 0.4) is 0 Å². The van der Waals surface area contributed by atoms with E-state index in [-0.39, 0.29) is 0 Å². The predicted molar refractivity (Wildman–Crippen MR) is 53.0 cm³/mol. The monoisotopic (exact) mass is 161 g/mol. The van der Waals surface area contributed by atoms with E-state index in [4.69, 9.17) is 0 Å². The lowest BCUT2D eigenvalue weighted by atomic mass is 10.1. The number of pyridine rings is 1. The van der Waals surface area contributed by atoms with Gasteiger partial charge in [-0.25, -0.2) is 0 Å². The number of rotatable bonds is 2. The van der Waals surface area contributed by atoms with Crippen molar-refractivity contribution in [3.8, 4) is 0 Å². The molecule has 1 aromatic heterocycles. The molecule has 0 radical (unpaired) electrons. The second-order valence-corrected chi connectivity index (χ2v) is 3.41. The molecule has 12 heavy (non-hydrogen) atoms. The number of nitrogens with zero attached hydrogens (tertiary/aromatic N) is 1. The van der Waals surface area contributed by atoms with Gasteiger partial charge in [-0.2, -0.15) is 0 Å². The van der Waals surface area contributed by atoms with Gasteiger partial charge in [0.25, 0.3) is 0 Å². The van der Waals surface area contributed by atoms with Crippen LogP contribution in [0.2, 0.25) is 0 Å². The van der Waals surface area contributed by atoms with Gasteiger partial charge in [-0.3, -0.25) is 4.98 Å². The van der Waals surface area contributed by atoms with E-state index < -0.39 is 0 Å². The Balaban J connectivity index is 2.93. The van der Waals surface area contributed by atoms with Crippen molar-refractivity contribution in [2.75, 3.05) is 0 Å². The van der Waals surface area contributed by atoms with Gasteiger partial charge in [0, 0.05) is 6.20 Å². The topological polar surface area (TPSA) is 12.9 Å². The lowest BCUT2D eigenvalue weighted by Crippen LogP contribution is -1.90. The third-order valence-corrected chi connectivity index (χ3v) is 1.89. The van der Waals surface area contributed by atoms with Crippen LogP contribution < -0.4 is 0 Å². The molecule has 0 spiro atoms. The van der Waals surface area contributed by atoms with Crippen LogP contribution in [-0.4, -0.2) is 4.98 Å². The Kier molecular flexibility index (Phi) is 2.64. The maximum Gasteiger partial charge on any atom is 0.0653 e. The minimum atomic E-state index is 0.552. The molecule has 64 valence electrons. The molecule has 0 fully saturated rings. The Morgan fingerprint density at radius 1 is 1.42 bits per heavy atom. The summed E-state index contributed by atoms with van der Waals surface area (Å²) in [4.78, 5) is 4.30. The van der Waals surface area contributed by atoms with E-state index >= 15 is 0 Å². The van der Waals surface area contributed by atoms with Crippen molar-refractivity contribution in [1.29, 1.82) is 0 Å². The largest absolute Gasteiger partial charge is 0.256 e. The van der Waals surface area contributed by atoms with Crippen LogP contribution in [0.5, 0.6) is 0 Å². The van der Waals surface area contributed by atoms with Crippen LogP contribution in [0.4, 0.5) is 0 Å². The standard InChI is InChI=1S/C11H15N/c1-8(2)10-5-6-11(9(3)4)12-7-10/h5-8H,3H2,1-2,4H3. The molecule has 1 rings (SSSR count). The minimum absolute atomic E-state index is 0.552. The van der Waals surface area contributed by atoms with Crippen molar-refractivity contribution < 1.29 is 0 Å². The van der Waals surface area contributed by atoms with Crippen molar-refractivity contribution in [1.82, 2.24) is 4.98 Å². The van der Waals surface area contributed by atoms with Gasteiger partial charge in [0.15, 0.2) is 0 Å². The van der Waals surface area contributed by atoms with E-state index in [9.17, 15) is 0 Å². The van der Waals surface area contributed by atoms with Crippen molar-refractivity contribution in [2.24, 2.45) is 0 Å². The van der Waals surface area contributed by atoms with Gasteiger partial charge in [-0.05, 0) is 30.0 Å². The van der Waals surface area contributed by atoms with Crippen molar-refractivity contribution >= 4 is 5.57 Å². The quantitative estimate of drug-likeness (QED) is 0.649. The van der Waals surface area contributed by atoms with Crippen LogP contribution in [0.1, 0.15) is 37.9 Å². The van der Waals surface area contributed by atoms with Crippen LogP contribution >= 0.6 is 0 Å². The van der Waals surface area contributed by atoms with Crippen LogP contribution in [0, 0.1) is 0 Å². The molecule has 0 N–H and O–H groups in total. The van der Waals surface area contributed by atoms with Crippen molar-refractivity contribution in [3.63, 3.8) is 0 Å². The smallest absolute Gasteiger partial charge is 0.0653 e. The number of hydrogen-bond acceptors (Lipinski definition) is 1. The van der Waals surface area contributed by atoms with Crippen LogP contribution in [-0.2, 0) is 0 Å². The van der Waals surface area contributed by atoms with Gasteiger partial charge < -0.3 is 0 Å². The van der Waals surface area contributed by atoms with Crippen molar-refractivity contribution in [3.05, 3.63) is 36.2 Å². The first-order chi connectivity index (χ1) is 5.61. The zero-order valence-corrected chi connectivity index (χ0v) is 7.96. The fourth-order valence-electron chi connectivity index (χ4n) is 0.999. The highest BCUT2D eigenvalue weighted by Crippen LogP contribution is 2.15. The average molecular weight is 161 g/mol. The fourth-order valence-corrected chi connectivity index (χ4v) is 0.999. The Morgan fingerprint density at radius 2 is 2.08 bits per heavy atom. The minimum Gasteiger partial charge on any atom is -0.256 e. The summed E-state index contributed by atoms with van der Waals surface area (Å²) in [5.74, 6) is 0.552. The van der Waals surface area contributed by atoms with Crippen LogP contribution in [0.15, 0.2) is 24.9 Å². The Labute approximate surface area is 74.2 Å². The summed E-state index contributed by atoms with van der Waals surface area (Å²) >= 11 is 0. The second kappa shape index (κ2) is 3.53. The highest BCUT2D eigenvalue weighted by Gasteiger charge is 1.99. The van der Waals surface area contributed by atoms with Gasteiger partial charge in [0.2, 0.25) is 0 Å². The molecule has 0 bridgehead atoms. The van der Waals surface area contributed by atoms with E-state index in [0.717, 1.165) is 11.3 Å². The van der Waals surface area contributed by atoms with Gasteiger partial charge >= 0.3 is 0 Å². The molecule has 0 aliphatic rings. The van der Waals surface area contributed by atoms with Gasteiger partial charge in [-0.15, -0.1) is 0 Å². The number of hydrogen-bond donors (Lipinski definition) is 0. The molecule has 0 amide bonds.